The van der Waals surface area contributed by atoms with Crippen LogP contribution in [-0.2, 0) is 0 Å². The van der Waals surface area contributed by atoms with Crippen molar-refractivity contribution in [2.45, 2.75) is 44.4 Å². The lowest BCUT2D eigenvalue weighted by Crippen LogP contribution is -2.19. The molecular formula is C19H22O. The van der Waals surface area contributed by atoms with Gasteiger partial charge in [0.1, 0.15) is 5.75 Å². The SMILES string of the molecule is COc1ccc2c3c(ccc2c1)C1CCCC1CC3C. The number of methoxy groups -OCH3 is 1. The summed E-state index contributed by atoms with van der Waals surface area (Å²) in [6.45, 7) is 2.41. The number of fused-ring (bicyclic) bond motifs is 5. The molecule has 4 rings (SSSR count). The van der Waals surface area contributed by atoms with Crippen LogP contribution >= 0.6 is 0 Å². The molecule has 0 amide bonds. The van der Waals surface area contributed by atoms with Gasteiger partial charge in [0.2, 0.25) is 0 Å². The van der Waals surface area contributed by atoms with E-state index >= 15 is 0 Å². The molecule has 2 aromatic rings. The number of ether oxygens (including phenoxy) is 1. The average Bonchev–Trinajstić information content (AvgIpc) is 2.94. The third-order valence-corrected chi connectivity index (χ3v) is 5.51. The van der Waals surface area contributed by atoms with E-state index in [4.69, 9.17) is 4.74 Å². The fourth-order valence-corrected chi connectivity index (χ4v) is 4.65. The minimum absolute atomic E-state index is 0.696. The molecule has 0 heterocycles. The molecule has 0 saturated heterocycles. The Balaban J connectivity index is 1.94. The molecule has 1 saturated carbocycles. The van der Waals surface area contributed by atoms with Crippen LogP contribution in [0.2, 0.25) is 0 Å². The maximum absolute atomic E-state index is 5.36. The van der Waals surface area contributed by atoms with Gasteiger partial charge in [0, 0.05) is 0 Å². The molecule has 0 spiro atoms. The molecule has 1 heteroatoms. The zero-order chi connectivity index (χ0) is 13.7. The molecule has 0 N–H and O–H groups in total. The highest BCUT2D eigenvalue weighted by Gasteiger charge is 2.36. The van der Waals surface area contributed by atoms with E-state index in [9.17, 15) is 0 Å². The molecule has 2 aromatic carbocycles. The summed E-state index contributed by atoms with van der Waals surface area (Å²) in [5.74, 6) is 3.42. The van der Waals surface area contributed by atoms with Gasteiger partial charge in [0.25, 0.3) is 0 Å². The molecule has 3 atom stereocenters. The fraction of sp³-hybridized carbons (Fsp3) is 0.474. The van der Waals surface area contributed by atoms with Gasteiger partial charge < -0.3 is 4.74 Å². The summed E-state index contributed by atoms with van der Waals surface area (Å²) in [6, 6.07) is 11.2. The van der Waals surface area contributed by atoms with E-state index in [1.807, 2.05) is 0 Å². The van der Waals surface area contributed by atoms with E-state index in [-0.39, 0.29) is 0 Å². The third-order valence-electron chi connectivity index (χ3n) is 5.51. The Morgan fingerprint density at radius 2 is 2.00 bits per heavy atom. The Kier molecular flexibility index (Phi) is 2.76. The van der Waals surface area contributed by atoms with Gasteiger partial charge in [-0.3, -0.25) is 0 Å². The molecule has 1 fully saturated rings. The van der Waals surface area contributed by atoms with Gasteiger partial charge in [-0.2, -0.15) is 0 Å². The Morgan fingerprint density at radius 3 is 2.85 bits per heavy atom. The first-order valence-electron chi connectivity index (χ1n) is 7.88. The van der Waals surface area contributed by atoms with Crippen molar-refractivity contribution in [3.63, 3.8) is 0 Å². The molecule has 1 nitrogen and oxygen atoms in total. The predicted octanol–water partition coefficient (Wildman–Crippen LogP) is 5.24. The first-order chi connectivity index (χ1) is 9.78. The highest BCUT2D eigenvalue weighted by molar-refractivity contribution is 5.89. The summed E-state index contributed by atoms with van der Waals surface area (Å²) in [5, 5.41) is 2.77. The minimum Gasteiger partial charge on any atom is -0.497 e. The summed E-state index contributed by atoms with van der Waals surface area (Å²) < 4.78 is 5.36. The quantitative estimate of drug-likeness (QED) is 0.686. The lowest BCUT2D eigenvalue weighted by atomic mass is 9.71. The van der Waals surface area contributed by atoms with Gasteiger partial charge in [-0.25, -0.2) is 0 Å². The van der Waals surface area contributed by atoms with Crippen molar-refractivity contribution >= 4 is 10.8 Å². The maximum atomic E-state index is 5.36. The molecule has 0 aliphatic heterocycles. The van der Waals surface area contributed by atoms with Crippen LogP contribution in [0, 0.1) is 5.92 Å². The zero-order valence-corrected chi connectivity index (χ0v) is 12.4. The van der Waals surface area contributed by atoms with Gasteiger partial charge in [0.05, 0.1) is 7.11 Å². The lowest BCUT2D eigenvalue weighted by molar-refractivity contribution is 0.388. The number of rotatable bonds is 1. The predicted molar refractivity (Wildman–Crippen MR) is 83.6 cm³/mol. The van der Waals surface area contributed by atoms with Crippen LogP contribution in [0.1, 0.15) is 55.6 Å². The number of benzene rings is 2. The molecule has 104 valence electrons. The Labute approximate surface area is 120 Å². The van der Waals surface area contributed by atoms with Crippen molar-refractivity contribution < 1.29 is 4.74 Å². The second-order valence-electron chi connectivity index (χ2n) is 6.59. The second-order valence-corrected chi connectivity index (χ2v) is 6.59. The second kappa shape index (κ2) is 4.51. The van der Waals surface area contributed by atoms with Crippen molar-refractivity contribution in [2.75, 3.05) is 7.11 Å². The van der Waals surface area contributed by atoms with Crippen molar-refractivity contribution in [1.82, 2.24) is 0 Å². The third kappa shape index (κ3) is 1.69. The average molecular weight is 266 g/mol. The van der Waals surface area contributed by atoms with Crippen molar-refractivity contribution in [3.8, 4) is 5.75 Å². The van der Waals surface area contributed by atoms with E-state index in [0.29, 0.717) is 5.92 Å². The summed E-state index contributed by atoms with van der Waals surface area (Å²) in [7, 11) is 1.74. The molecule has 0 bridgehead atoms. The van der Waals surface area contributed by atoms with Crippen LogP contribution in [0.4, 0.5) is 0 Å². The maximum Gasteiger partial charge on any atom is 0.119 e. The Morgan fingerprint density at radius 1 is 1.10 bits per heavy atom. The van der Waals surface area contributed by atoms with Crippen LogP contribution in [-0.4, -0.2) is 7.11 Å². The van der Waals surface area contributed by atoms with Gasteiger partial charge >= 0.3 is 0 Å². The topological polar surface area (TPSA) is 9.23 Å². The summed E-state index contributed by atoms with van der Waals surface area (Å²) in [4.78, 5) is 0. The van der Waals surface area contributed by atoms with E-state index in [2.05, 4.69) is 37.3 Å². The molecular weight excluding hydrogens is 244 g/mol. The standard InChI is InChI=1S/C19H22O/c1-12-10-13-4-3-5-16(13)18-8-6-14-11-15(20-2)7-9-17(14)19(12)18/h6-9,11-13,16H,3-5,10H2,1-2H3. The van der Waals surface area contributed by atoms with Crippen LogP contribution in [0.25, 0.3) is 10.8 Å². The normalized spacial score (nSPS) is 28.2. The smallest absolute Gasteiger partial charge is 0.119 e. The van der Waals surface area contributed by atoms with Gasteiger partial charge in [0.15, 0.2) is 0 Å². The molecule has 0 radical (unpaired) electrons. The first kappa shape index (κ1) is 12.3. The van der Waals surface area contributed by atoms with Crippen LogP contribution in [0.15, 0.2) is 30.3 Å². The minimum atomic E-state index is 0.696. The monoisotopic (exact) mass is 266 g/mol. The summed E-state index contributed by atoms with van der Waals surface area (Å²) in [6.07, 6.45) is 5.63. The van der Waals surface area contributed by atoms with E-state index < -0.39 is 0 Å². The number of hydrogen-bond donors (Lipinski definition) is 0. The molecule has 3 unspecified atom stereocenters. The highest BCUT2D eigenvalue weighted by Crippen LogP contribution is 2.52. The number of hydrogen-bond acceptors (Lipinski definition) is 1. The molecule has 20 heavy (non-hydrogen) atoms. The van der Waals surface area contributed by atoms with Gasteiger partial charge in [-0.05, 0) is 71.0 Å². The lowest BCUT2D eigenvalue weighted by Gasteiger charge is -2.34. The Bertz CT molecular complexity index is 658. The molecule has 0 aromatic heterocycles. The highest BCUT2D eigenvalue weighted by atomic mass is 16.5. The van der Waals surface area contributed by atoms with Crippen molar-refractivity contribution in [2.24, 2.45) is 5.92 Å². The van der Waals surface area contributed by atoms with Gasteiger partial charge in [-0.15, -0.1) is 0 Å². The van der Waals surface area contributed by atoms with Crippen LogP contribution in [0.3, 0.4) is 0 Å². The first-order valence-corrected chi connectivity index (χ1v) is 7.88. The summed E-state index contributed by atoms with van der Waals surface area (Å²) in [5.41, 5.74) is 3.26. The molecule has 2 aliphatic rings. The van der Waals surface area contributed by atoms with Crippen molar-refractivity contribution in [1.29, 1.82) is 0 Å². The summed E-state index contributed by atoms with van der Waals surface area (Å²) >= 11 is 0. The van der Waals surface area contributed by atoms with Crippen LogP contribution in [0.5, 0.6) is 5.75 Å². The zero-order valence-electron chi connectivity index (χ0n) is 12.4. The largest absolute Gasteiger partial charge is 0.497 e. The van der Waals surface area contributed by atoms with Crippen LogP contribution < -0.4 is 4.74 Å². The fourth-order valence-electron chi connectivity index (χ4n) is 4.65. The van der Waals surface area contributed by atoms with Crippen molar-refractivity contribution in [3.05, 3.63) is 41.5 Å². The van der Waals surface area contributed by atoms with E-state index in [1.54, 1.807) is 18.2 Å². The van der Waals surface area contributed by atoms with Gasteiger partial charge in [-0.1, -0.05) is 31.5 Å². The molecule has 2 aliphatic carbocycles. The Hall–Kier alpha value is -1.50. The van der Waals surface area contributed by atoms with E-state index in [0.717, 1.165) is 17.6 Å². The van der Waals surface area contributed by atoms with E-state index in [1.165, 1.54) is 36.5 Å².